The minimum absolute atomic E-state index is 0.0476. The maximum atomic E-state index is 13.6. The van der Waals surface area contributed by atoms with Crippen molar-refractivity contribution in [2.24, 2.45) is 0 Å². The number of fused-ring (bicyclic) bond motifs is 1. The molecule has 0 unspecified atom stereocenters. The zero-order valence-corrected chi connectivity index (χ0v) is 19.3. The van der Waals surface area contributed by atoms with Crippen LogP contribution in [-0.4, -0.2) is 20.0 Å². The number of methoxy groups -OCH3 is 2. The molecule has 0 saturated heterocycles. The number of anilines is 2. The number of nitrogens with one attached hydrogen (secondary N) is 2. The zero-order chi connectivity index (χ0) is 22.2. The lowest BCUT2D eigenvalue weighted by molar-refractivity contribution is -0.116. The van der Waals surface area contributed by atoms with Gasteiger partial charge in [0.2, 0.25) is 0 Å². The molecule has 2 heterocycles. The van der Waals surface area contributed by atoms with Crippen LogP contribution in [0.1, 0.15) is 35.2 Å². The summed E-state index contributed by atoms with van der Waals surface area (Å²) in [5, 5.41) is 7.14. The van der Waals surface area contributed by atoms with Gasteiger partial charge in [-0.05, 0) is 54.3 Å². The van der Waals surface area contributed by atoms with Gasteiger partial charge in [0.25, 0.3) is 0 Å². The third kappa shape index (κ3) is 3.74. The Morgan fingerprint density at radius 2 is 1.75 bits per heavy atom. The molecule has 0 spiro atoms. The fraction of sp³-hybridized carbons (Fsp3) is 0.240. The van der Waals surface area contributed by atoms with Gasteiger partial charge in [0, 0.05) is 22.6 Å². The van der Waals surface area contributed by atoms with Crippen molar-refractivity contribution >= 4 is 40.1 Å². The number of ether oxygens (including phenoxy) is 2. The lowest BCUT2D eigenvalue weighted by Crippen LogP contribution is -2.26. The summed E-state index contributed by atoms with van der Waals surface area (Å²) >= 11 is 7.74. The first kappa shape index (κ1) is 20.9. The van der Waals surface area contributed by atoms with Gasteiger partial charge in [-0.15, -0.1) is 11.3 Å². The van der Waals surface area contributed by atoms with Crippen LogP contribution in [0.25, 0.3) is 0 Å². The molecule has 2 aromatic carbocycles. The first-order valence-corrected chi connectivity index (χ1v) is 11.6. The molecule has 5 nitrogen and oxygen atoms in total. The molecule has 1 aliphatic heterocycles. The third-order valence-electron chi connectivity index (χ3n) is 6.07. The van der Waals surface area contributed by atoms with Crippen molar-refractivity contribution in [1.82, 2.24) is 0 Å². The topological polar surface area (TPSA) is 59.6 Å². The van der Waals surface area contributed by atoms with Crippen molar-refractivity contribution in [1.29, 1.82) is 0 Å². The lowest BCUT2D eigenvalue weighted by atomic mass is 9.79. The Kier molecular flexibility index (Phi) is 5.57. The van der Waals surface area contributed by atoms with Gasteiger partial charge in [0.15, 0.2) is 17.3 Å². The maximum Gasteiger partial charge on any atom is 0.163 e. The number of carbonyl (C=O) groups is 1. The van der Waals surface area contributed by atoms with Crippen molar-refractivity contribution in [3.63, 3.8) is 0 Å². The van der Waals surface area contributed by atoms with E-state index in [1.54, 1.807) is 14.2 Å². The van der Waals surface area contributed by atoms with Crippen LogP contribution in [0.5, 0.6) is 11.5 Å². The van der Waals surface area contributed by atoms with Crippen LogP contribution >= 0.6 is 22.9 Å². The van der Waals surface area contributed by atoms with Crippen molar-refractivity contribution in [3.05, 3.63) is 80.6 Å². The van der Waals surface area contributed by atoms with Crippen molar-refractivity contribution in [3.8, 4) is 11.5 Å². The molecular weight excluding hydrogens is 444 g/mol. The highest BCUT2D eigenvalue weighted by Crippen LogP contribution is 2.46. The van der Waals surface area contributed by atoms with E-state index < -0.39 is 0 Å². The van der Waals surface area contributed by atoms with Crippen molar-refractivity contribution < 1.29 is 14.3 Å². The summed E-state index contributed by atoms with van der Waals surface area (Å²) in [6.45, 7) is 0. The Hall–Kier alpha value is -2.96. The van der Waals surface area contributed by atoms with E-state index in [2.05, 4.69) is 10.6 Å². The predicted octanol–water partition coefficient (Wildman–Crippen LogP) is 6.40. The molecule has 164 valence electrons. The van der Waals surface area contributed by atoms with Crippen LogP contribution in [0, 0.1) is 0 Å². The Morgan fingerprint density at radius 3 is 2.47 bits per heavy atom. The van der Waals surface area contributed by atoms with Gasteiger partial charge in [0.1, 0.15) is 0 Å². The van der Waals surface area contributed by atoms with Gasteiger partial charge in [0.05, 0.1) is 36.0 Å². The summed E-state index contributed by atoms with van der Waals surface area (Å²) in [6, 6.07) is 17.6. The molecule has 0 saturated carbocycles. The fourth-order valence-electron chi connectivity index (χ4n) is 4.53. The normalized spacial score (nSPS) is 19.9. The number of ketones is 1. The number of hydrogen-bond donors (Lipinski definition) is 2. The Morgan fingerprint density at radius 1 is 0.969 bits per heavy atom. The quantitative estimate of drug-likeness (QED) is 0.466. The van der Waals surface area contributed by atoms with Gasteiger partial charge in [-0.2, -0.15) is 0 Å². The number of thiophene rings is 1. The SMILES string of the molecule is COc1ccc([C@H]2CC(=O)C3=C(C2)Nc2ccccc2N[C@@H]3c2ccc(Cl)s2)cc1OC. The van der Waals surface area contributed by atoms with E-state index in [1.807, 2.05) is 54.6 Å². The molecule has 3 aromatic rings. The highest BCUT2D eigenvalue weighted by molar-refractivity contribution is 7.16. The van der Waals surface area contributed by atoms with E-state index in [4.69, 9.17) is 21.1 Å². The second kappa shape index (κ2) is 8.52. The van der Waals surface area contributed by atoms with Crippen LogP contribution in [0.2, 0.25) is 4.34 Å². The number of rotatable bonds is 4. The summed E-state index contributed by atoms with van der Waals surface area (Å²) < 4.78 is 11.6. The molecule has 0 bridgehead atoms. The van der Waals surface area contributed by atoms with E-state index in [0.717, 1.165) is 39.5 Å². The molecule has 2 N–H and O–H groups in total. The number of allylic oxidation sites excluding steroid dienone is 1. The first-order chi connectivity index (χ1) is 15.6. The summed E-state index contributed by atoms with van der Waals surface area (Å²) in [6.07, 6.45) is 1.16. The van der Waals surface area contributed by atoms with Crippen molar-refractivity contribution in [2.45, 2.75) is 24.8 Å². The molecule has 7 heteroatoms. The Balaban J connectivity index is 1.57. The van der Waals surface area contributed by atoms with E-state index >= 15 is 0 Å². The minimum Gasteiger partial charge on any atom is -0.493 e. The van der Waals surface area contributed by atoms with Crippen LogP contribution in [0.4, 0.5) is 11.4 Å². The smallest absolute Gasteiger partial charge is 0.163 e. The fourth-order valence-corrected chi connectivity index (χ4v) is 5.65. The van der Waals surface area contributed by atoms with E-state index in [-0.39, 0.29) is 17.7 Å². The molecule has 0 fully saturated rings. The van der Waals surface area contributed by atoms with Gasteiger partial charge in [-0.25, -0.2) is 0 Å². The van der Waals surface area contributed by atoms with E-state index in [1.165, 1.54) is 11.3 Å². The summed E-state index contributed by atoms with van der Waals surface area (Å²) in [5.74, 6) is 1.53. The maximum absolute atomic E-state index is 13.6. The van der Waals surface area contributed by atoms with Gasteiger partial charge in [-0.3, -0.25) is 4.79 Å². The third-order valence-corrected chi connectivity index (χ3v) is 7.36. The number of carbonyl (C=O) groups excluding carboxylic acids is 1. The molecule has 0 radical (unpaired) electrons. The van der Waals surface area contributed by atoms with Gasteiger partial charge >= 0.3 is 0 Å². The number of benzene rings is 2. The average Bonchev–Trinajstić information content (AvgIpc) is 3.16. The number of para-hydroxylation sites is 2. The monoisotopic (exact) mass is 466 g/mol. The molecular formula is C25H23ClN2O3S. The van der Waals surface area contributed by atoms with E-state index in [9.17, 15) is 4.79 Å². The van der Waals surface area contributed by atoms with Crippen LogP contribution in [-0.2, 0) is 4.79 Å². The molecule has 2 aliphatic rings. The highest BCUT2D eigenvalue weighted by Gasteiger charge is 2.36. The minimum atomic E-state index is -0.238. The average molecular weight is 467 g/mol. The number of Topliss-reactive ketones (excluding diaryl/α,β-unsaturated/α-hetero) is 1. The first-order valence-electron chi connectivity index (χ1n) is 10.4. The van der Waals surface area contributed by atoms with Crippen LogP contribution in [0.15, 0.2) is 65.9 Å². The highest BCUT2D eigenvalue weighted by atomic mass is 35.5. The van der Waals surface area contributed by atoms with Crippen LogP contribution in [0.3, 0.4) is 0 Å². The molecule has 2 atom stereocenters. The molecule has 1 aliphatic carbocycles. The zero-order valence-electron chi connectivity index (χ0n) is 17.8. The van der Waals surface area contributed by atoms with Crippen molar-refractivity contribution in [2.75, 3.05) is 24.9 Å². The van der Waals surface area contributed by atoms with Gasteiger partial charge < -0.3 is 20.1 Å². The molecule has 0 amide bonds. The Labute approximate surface area is 196 Å². The predicted molar refractivity (Wildman–Crippen MR) is 129 cm³/mol. The molecule has 5 rings (SSSR count). The second-order valence-electron chi connectivity index (χ2n) is 7.92. The largest absolute Gasteiger partial charge is 0.493 e. The number of hydrogen-bond acceptors (Lipinski definition) is 6. The molecule has 32 heavy (non-hydrogen) atoms. The molecule has 1 aromatic heterocycles. The standard InChI is InChI=1S/C25H23ClN2O3S/c1-30-20-8-7-14(13-21(20)31-2)15-11-18-24(19(29)12-15)25(22-9-10-23(26)32-22)28-17-6-4-3-5-16(17)27-18/h3-10,13,15,25,27-28H,11-12H2,1-2H3/t15-,25-/m1/s1. The summed E-state index contributed by atoms with van der Waals surface area (Å²) in [7, 11) is 3.25. The van der Waals surface area contributed by atoms with Crippen LogP contribution < -0.4 is 20.1 Å². The second-order valence-corrected chi connectivity index (χ2v) is 9.67. The summed E-state index contributed by atoms with van der Waals surface area (Å²) in [4.78, 5) is 14.6. The van der Waals surface area contributed by atoms with Gasteiger partial charge in [-0.1, -0.05) is 29.8 Å². The van der Waals surface area contributed by atoms with E-state index in [0.29, 0.717) is 22.3 Å². The summed E-state index contributed by atoms with van der Waals surface area (Å²) in [5.41, 5.74) is 4.73. The lowest BCUT2D eigenvalue weighted by Gasteiger charge is -2.29. The number of halogens is 1. The Bertz CT molecular complexity index is 1220.